The summed E-state index contributed by atoms with van der Waals surface area (Å²) in [6.07, 6.45) is 0.380. The maximum atomic E-state index is 12.4. The van der Waals surface area contributed by atoms with Crippen molar-refractivity contribution in [2.45, 2.75) is 34.1 Å². The molecule has 5 heteroatoms. The van der Waals surface area contributed by atoms with Crippen molar-refractivity contribution >= 4 is 11.9 Å². The second-order valence-electron chi connectivity index (χ2n) is 6.65. The molecular formula is C19H24N2O3. The molecule has 0 radical (unpaired) electrons. The number of hydrogen-bond acceptors (Lipinski definition) is 2. The molecule has 0 aliphatic rings. The fourth-order valence-corrected chi connectivity index (χ4v) is 2.66. The molecule has 2 rings (SSSR count). The van der Waals surface area contributed by atoms with Crippen LogP contribution in [0.4, 0.5) is 0 Å². The molecule has 0 spiro atoms. The zero-order valence-corrected chi connectivity index (χ0v) is 14.6. The molecule has 0 atom stereocenters. The number of carbonyl (C=O) groups is 2. The van der Waals surface area contributed by atoms with E-state index in [-0.39, 0.29) is 5.91 Å². The van der Waals surface area contributed by atoms with Gasteiger partial charge in [0.05, 0.1) is 11.0 Å². The Kier molecular flexibility index (Phi) is 5.12. The number of aromatic nitrogens is 1. The molecule has 0 saturated heterocycles. The third-order valence-corrected chi connectivity index (χ3v) is 4.30. The van der Waals surface area contributed by atoms with Crippen LogP contribution in [0.25, 0.3) is 5.69 Å². The van der Waals surface area contributed by atoms with Gasteiger partial charge in [0.15, 0.2) is 0 Å². The first kappa shape index (κ1) is 17.8. The fourth-order valence-electron chi connectivity index (χ4n) is 2.66. The molecule has 5 nitrogen and oxygen atoms in total. The molecule has 0 aliphatic heterocycles. The number of aliphatic carboxylic acids is 1. The van der Waals surface area contributed by atoms with E-state index in [4.69, 9.17) is 5.11 Å². The molecule has 2 N–H and O–H groups in total. The number of nitrogens with zero attached hydrogens (tertiary/aromatic N) is 1. The van der Waals surface area contributed by atoms with Gasteiger partial charge in [-0.1, -0.05) is 18.2 Å². The molecule has 0 aliphatic carbocycles. The molecule has 0 bridgehead atoms. The lowest BCUT2D eigenvalue weighted by molar-refractivity contribution is -0.147. The lowest BCUT2D eigenvalue weighted by atomic mass is 9.90. The van der Waals surface area contributed by atoms with Gasteiger partial charge in [0, 0.05) is 23.6 Å². The largest absolute Gasteiger partial charge is 0.481 e. The summed E-state index contributed by atoms with van der Waals surface area (Å²) < 4.78 is 2.04. The lowest BCUT2D eigenvalue weighted by Crippen LogP contribution is -2.32. The molecule has 1 aromatic heterocycles. The summed E-state index contributed by atoms with van der Waals surface area (Å²) in [6.45, 7) is 7.51. The van der Waals surface area contributed by atoms with Crippen LogP contribution >= 0.6 is 0 Å². The SMILES string of the molecule is Cc1cc(C(=O)NCCC(C)(C)C(=O)O)c(C)n1-c1ccccc1. The third kappa shape index (κ3) is 3.67. The smallest absolute Gasteiger partial charge is 0.309 e. The summed E-state index contributed by atoms with van der Waals surface area (Å²) in [6, 6.07) is 11.7. The minimum Gasteiger partial charge on any atom is -0.481 e. The van der Waals surface area contributed by atoms with Crippen LogP contribution in [-0.4, -0.2) is 28.1 Å². The van der Waals surface area contributed by atoms with Crippen molar-refractivity contribution in [3.63, 3.8) is 0 Å². The minimum absolute atomic E-state index is 0.175. The Bertz CT molecular complexity index is 745. The Morgan fingerprint density at radius 1 is 1.17 bits per heavy atom. The van der Waals surface area contributed by atoms with Crippen molar-refractivity contribution in [2.75, 3.05) is 6.54 Å². The summed E-state index contributed by atoms with van der Waals surface area (Å²) in [5, 5.41) is 11.9. The van der Waals surface area contributed by atoms with Gasteiger partial charge >= 0.3 is 5.97 Å². The predicted molar refractivity (Wildman–Crippen MR) is 93.6 cm³/mol. The first-order valence-corrected chi connectivity index (χ1v) is 8.00. The number of para-hydroxylation sites is 1. The number of rotatable bonds is 6. The second kappa shape index (κ2) is 6.91. The van der Waals surface area contributed by atoms with Crippen LogP contribution in [0.15, 0.2) is 36.4 Å². The zero-order chi connectivity index (χ0) is 17.9. The number of carboxylic acids is 1. The van der Waals surface area contributed by atoms with E-state index < -0.39 is 11.4 Å². The number of nitrogens with one attached hydrogen (secondary N) is 1. The highest BCUT2D eigenvalue weighted by atomic mass is 16.4. The first-order chi connectivity index (χ1) is 11.2. The highest BCUT2D eigenvalue weighted by Gasteiger charge is 2.27. The monoisotopic (exact) mass is 328 g/mol. The highest BCUT2D eigenvalue weighted by molar-refractivity contribution is 5.96. The van der Waals surface area contributed by atoms with E-state index in [2.05, 4.69) is 5.32 Å². The Morgan fingerprint density at radius 2 is 1.79 bits per heavy atom. The third-order valence-electron chi connectivity index (χ3n) is 4.30. The van der Waals surface area contributed by atoms with E-state index in [0.29, 0.717) is 18.5 Å². The quantitative estimate of drug-likeness (QED) is 0.854. The van der Waals surface area contributed by atoms with Gasteiger partial charge < -0.3 is 15.0 Å². The number of carbonyl (C=O) groups excluding carboxylic acids is 1. The average molecular weight is 328 g/mol. The average Bonchev–Trinajstić information content (AvgIpc) is 2.82. The van der Waals surface area contributed by atoms with Crippen LogP contribution in [0.3, 0.4) is 0 Å². The molecule has 0 unspecified atom stereocenters. The van der Waals surface area contributed by atoms with Gasteiger partial charge in [-0.15, -0.1) is 0 Å². The van der Waals surface area contributed by atoms with Crippen molar-refractivity contribution in [3.8, 4) is 5.69 Å². The Balaban J connectivity index is 2.13. The number of benzene rings is 1. The van der Waals surface area contributed by atoms with Crippen LogP contribution in [-0.2, 0) is 4.79 Å². The topological polar surface area (TPSA) is 71.3 Å². The van der Waals surface area contributed by atoms with Gasteiger partial charge in [0.2, 0.25) is 0 Å². The highest BCUT2D eigenvalue weighted by Crippen LogP contribution is 2.22. The Morgan fingerprint density at radius 3 is 2.38 bits per heavy atom. The van der Waals surface area contributed by atoms with Crippen LogP contribution in [0.1, 0.15) is 42.0 Å². The van der Waals surface area contributed by atoms with E-state index in [1.54, 1.807) is 13.8 Å². The van der Waals surface area contributed by atoms with Gasteiger partial charge in [0.1, 0.15) is 0 Å². The summed E-state index contributed by atoms with van der Waals surface area (Å²) in [7, 11) is 0. The van der Waals surface area contributed by atoms with Gasteiger partial charge in [-0.25, -0.2) is 0 Å². The first-order valence-electron chi connectivity index (χ1n) is 8.00. The molecule has 1 amide bonds. The molecule has 24 heavy (non-hydrogen) atoms. The standard InChI is InChI=1S/C19H24N2O3/c1-13-12-16(14(2)21(13)15-8-6-5-7-9-15)17(22)20-11-10-19(3,4)18(23)24/h5-9,12H,10-11H2,1-4H3,(H,20,22)(H,23,24). The van der Waals surface area contributed by atoms with Crippen molar-refractivity contribution in [1.82, 2.24) is 9.88 Å². The van der Waals surface area contributed by atoms with Crippen molar-refractivity contribution < 1.29 is 14.7 Å². The van der Waals surface area contributed by atoms with Crippen molar-refractivity contribution in [1.29, 1.82) is 0 Å². The molecule has 2 aromatic rings. The predicted octanol–water partition coefficient (Wildman–Crippen LogP) is 3.32. The van der Waals surface area contributed by atoms with Crippen molar-refractivity contribution in [3.05, 3.63) is 53.3 Å². The molecule has 1 heterocycles. The van der Waals surface area contributed by atoms with E-state index >= 15 is 0 Å². The molecular weight excluding hydrogens is 304 g/mol. The number of hydrogen-bond donors (Lipinski definition) is 2. The maximum Gasteiger partial charge on any atom is 0.309 e. The maximum absolute atomic E-state index is 12.4. The van der Waals surface area contributed by atoms with E-state index in [9.17, 15) is 9.59 Å². The zero-order valence-electron chi connectivity index (χ0n) is 14.6. The van der Waals surface area contributed by atoms with E-state index in [0.717, 1.165) is 17.1 Å². The van der Waals surface area contributed by atoms with Gasteiger partial charge in [-0.3, -0.25) is 9.59 Å². The van der Waals surface area contributed by atoms with Crippen LogP contribution in [0.5, 0.6) is 0 Å². The van der Waals surface area contributed by atoms with Gasteiger partial charge in [0.25, 0.3) is 5.91 Å². The van der Waals surface area contributed by atoms with Crippen LogP contribution < -0.4 is 5.32 Å². The Labute approximate surface area is 142 Å². The number of carboxylic acid groups (broad SMARTS) is 1. The summed E-state index contributed by atoms with van der Waals surface area (Å²) in [5.41, 5.74) is 2.63. The summed E-state index contributed by atoms with van der Waals surface area (Å²) >= 11 is 0. The fraction of sp³-hybridized carbons (Fsp3) is 0.368. The molecule has 0 saturated carbocycles. The van der Waals surface area contributed by atoms with E-state index in [1.807, 2.05) is 54.8 Å². The van der Waals surface area contributed by atoms with Gasteiger partial charge in [-0.05, 0) is 52.3 Å². The minimum atomic E-state index is -0.862. The number of amides is 1. The van der Waals surface area contributed by atoms with E-state index in [1.165, 1.54) is 0 Å². The second-order valence-corrected chi connectivity index (χ2v) is 6.65. The number of aryl methyl sites for hydroxylation is 1. The summed E-state index contributed by atoms with van der Waals surface area (Å²) in [4.78, 5) is 23.6. The van der Waals surface area contributed by atoms with Gasteiger partial charge in [-0.2, -0.15) is 0 Å². The normalized spacial score (nSPS) is 11.3. The van der Waals surface area contributed by atoms with Crippen LogP contribution in [0, 0.1) is 19.3 Å². The Hall–Kier alpha value is -2.56. The lowest BCUT2D eigenvalue weighted by Gasteiger charge is -2.18. The molecule has 0 fully saturated rings. The van der Waals surface area contributed by atoms with Crippen LogP contribution in [0.2, 0.25) is 0 Å². The van der Waals surface area contributed by atoms with Crippen molar-refractivity contribution in [2.24, 2.45) is 5.41 Å². The molecule has 1 aromatic carbocycles. The molecule has 128 valence electrons. The summed E-state index contributed by atoms with van der Waals surface area (Å²) in [5.74, 6) is -1.04.